The van der Waals surface area contributed by atoms with Crippen LogP contribution in [0.3, 0.4) is 0 Å². The number of hydrogen-bond acceptors (Lipinski definition) is 6. The quantitative estimate of drug-likeness (QED) is 0.688. The number of carbonyl (C=O) groups is 1. The normalized spacial score (nSPS) is 10.1. The van der Waals surface area contributed by atoms with Crippen molar-refractivity contribution in [3.05, 3.63) is 64.9 Å². The Morgan fingerprint density at radius 1 is 1.32 bits per heavy atom. The summed E-state index contributed by atoms with van der Waals surface area (Å²) in [7, 11) is 0. The highest BCUT2D eigenvalue weighted by Crippen LogP contribution is 2.23. The van der Waals surface area contributed by atoms with Gasteiger partial charge in [0.25, 0.3) is 0 Å². The third kappa shape index (κ3) is 3.05. The molecule has 1 aromatic carbocycles. The maximum atomic E-state index is 11.9. The van der Waals surface area contributed by atoms with Crippen LogP contribution in [0.2, 0.25) is 0 Å². The molecule has 0 radical (unpaired) electrons. The van der Waals surface area contributed by atoms with E-state index in [9.17, 15) is 4.79 Å². The molecule has 22 heavy (non-hydrogen) atoms. The fourth-order valence-electron chi connectivity index (χ4n) is 1.79. The summed E-state index contributed by atoms with van der Waals surface area (Å²) in [5, 5.41) is 10.7. The van der Waals surface area contributed by atoms with Gasteiger partial charge < -0.3 is 9.15 Å². The second-order valence-electron chi connectivity index (χ2n) is 4.39. The molecular formula is C16H10N2O3S. The number of carbonyl (C=O) groups excluding carboxylic acids is 1. The number of aromatic nitrogens is 1. The van der Waals surface area contributed by atoms with E-state index < -0.39 is 5.97 Å². The Labute approximate surface area is 130 Å². The van der Waals surface area contributed by atoms with E-state index in [1.807, 2.05) is 23.6 Å². The summed E-state index contributed by atoms with van der Waals surface area (Å²) >= 11 is 1.52. The van der Waals surface area contributed by atoms with E-state index in [1.165, 1.54) is 17.6 Å². The smallest absolute Gasteiger partial charge is 0.338 e. The standard InChI is InChI=1S/C16H10N2O3S/c17-8-11-3-5-12(6-4-11)16(19)21-10-13-9-20-15(18-13)14-2-1-7-22-14/h1-7,9H,10H2. The second kappa shape index (κ2) is 6.24. The van der Waals surface area contributed by atoms with Gasteiger partial charge in [-0.2, -0.15) is 5.26 Å². The second-order valence-corrected chi connectivity index (χ2v) is 5.33. The van der Waals surface area contributed by atoms with Crippen LogP contribution in [-0.4, -0.2) is 11.0 Å². The van der Waals surface area contributed by atoms with Gasteiger partial charge in [-0.15, -0.1) is 11.3 Å². The average Bonchev–Trinajstić information content (AvgIpc) is 3.23. The molecule has 0 saturated heterocycles. The molecule has 3 rings (SSSR count). The summed E-state index contributed by atoms with van der Waals surface area (Å²) in [4.78, 5) is 17.1. The zero-order chi connectivity index (χ0) is 15.4. The van der Waals surface area contributed by atoms with Gasteiger partial charge in [0.05, 0.1) is 22.1 Å². The first-order valence-corrected chi connectivity index (χ1v) is 7.30. The maximum Gasteiger partial charge on any atom is 0.338 e. The van der Waals surface area contributed by atoms with Crippen molar-refractivity contribution in [2.24, 2.45) is 0 Å². The highest BCUT2D eigenvalue weighted by molar-refractivity contribution is 7.13. The average molecular weight is 310 g/mol. The summed E-state index contributed by atoms with van der Waals surface area (Å²) in [6, 6.07) is 12.1. The molecule has 0 aliphatic rings. The van der Waals surface area contributed by atoms with E-state index in [1.54, 1.807) is 24.3 Å². The van der Waals surface area contributed by atoms with Crippen molar-refractivity contribution in [1.29, 1.82) is 5.26 Å². The van der Waals surface area contributed by atoms with E-state index in [-0.39, 0.29) is 6.61 Å². The fraction of sp³-hybridized carbons (Fsp3) is 0.0625. The Hall–Kier alpha value is -2.91. The number of nitrogens with zero attached hydrogens (tertiary/aromatic N) is 2. The monoisotopic (exact) mass is 310 g/mol. The molecule has 0 fully saturated rings. The van der Waals surface area contributed by atoms with Crippen molar-refractivity contribution in [3.8, 4) is 16.8 Å². The van der Waals surface area contributed by atoms with Crippen molar-refractivity contribution in [1.82, 2.24) is 4.98 Å². The Bertz CT molecular complexity index is 814. The number of ether oxygens (including phenoxy) is 1. The van der Waals surface area contributed by atoms with Crippen LogP contribution in [0.25, 0.3) is 10.8 Å². The molecule has 2 aromatic heterocycles. The van der Waals surface area contributed by atoms with Gasteiger partial charge in [0.15, 0.2) is 0 Å². The minimum Gasteiger partial charge on any atom is -0.455 e. The van der Waals surface area contributed by atoms with Crippen molar-refractivity contribution >= 4 is 17.3 Å². The van der Waals surface area contributed by atoms with Crippen LogP contribution in [0.5, 0.6) is 0 Å². The van der Waals surface area contributed by atoms with Crippen molar-refractivity contribution in [2.75, 3.05) is 0 Å². The van der Waals surface area contributed by atoms with E-state index in [0.29, 0.717) is 22.7 Å². The van der Waals surface area contributed by atoms with Gasteiger partial charge in [-0.05, 0) is 35.7 Å². The molecule has 0 N–H and O–H groups in total. The first-order valence-electron chi connectivity index (χ1n) is 6.42. The number of nitriles is 1. The molecule has 3 aromatic rings. The molecule has 0 amide bonds. The summed E-state index contributed by atoms with van der Waals surface area (Å²) in [6.45, 7) is 0.0354. The van der Waals surface area contributed by atoms with Crippen molar-refractivity contribution in [2.45, 2.75) is 6.61 Å². The van der Waals surface area contributed by atoms with Crippen LogP contribution >= 0.6 is 11.3 Å². The van der Waals surface area contributed by atoms with Gasteiger partial charge in [-0.25, -0.2) is 9.78 Å². The first-order chi connectivity index (χ1) is 10.8. The van der Waals surface area contributed by atoms with Crippen LogP contribution in [-0.2, 0) is 11.3 Å². The summed E-state index contributed by atoms with van der Waals surface area (Å²) < 4.78 is 10.5. The van der Waals surface area contributed by atoms with Gasteiger partial charge in [-0.1, -0.05) is 6.07 Å². The molecule has 0 aliphatic heterocycles. The fourth-order valence-corrected chi connectivity index (χ4v) is 2.45. The predicted octanol–water partition coefficient (Wildman–Crippen LogP) is 3.63. The van der Waals surface area contributed by atoms with Gasteiger partial charge >= 0.3 is 5.97 Å². The van der Waals surface area contributed by atoms with E-state index >= 15 is 0 Å². The third-order valence-electron chi connectivity index (χ3n) is 2.88. The highest BCUT2D eigenvalue weighted by atomic mass is 32.1. The van der Waals surface area contributed by atoms with Crippen LogP contribution in [0, 0.1) is 11.3 Å². The molecule has 6 heteroatoms. The molecule has 0 spiro atoms. The molecular weight excluding hydrogens is 300 g/mol. The number of rotatable bonds is 4. The summed E-state index contributed by atoms with van der Waals surface area (Å²) in [6.07, 6.45) is 1.47. The van der Waals surface area contributed by atoms with Gasteiger partial charge in [0.1, 0.15) is 18.6 Å². The lowest BCUT2D eigenvalue weighted by molar-refractivity contribution is 0.0468. The first kappa shape index (κ1) is 14.0. The lowest BCUT2D eigenvalue weighted by Crippen LogP contribution is -2.05. The number of hydrogen-bond donors (Lipinski definition) is 0. The molecule has 108 valence electrons. The topological polar surface area (TPSA) is 76.1 Å². The molecule has 2 heterocycles. The molecule has 0 aliphatic carbocycles. The van der Waals surface area contributed by atoms with E-state index in [0.717, 1.165) is 4.88 Å². The maximum absolute atomic E-state index is 11.9. The van der Waals surface area contributed by atoms with Crippen molar-refractivity contribution in [3.63, 3.8) is 0 Å². The third-order valence-corrected chi connectivity index (χ3v) is 3.74. The molecule has 0 unspecified atom stereocenters. The highest BCUT2D eigenvalue weighted by Gasteiger charge is 2.11. The summed E-state index contributed by atoms with van der Waals surface area (Å²) in [5.74, 6) is 0.0459. The van der Waals surface area contributed by atoms with Crippen LogP contribution in [0.15, 0.2) is 52.5 Å². The minimum atomic E-state index is -0.467. The van der Waals surface area contributed by atoms with E-state index in [2.05, 4.69) is 4.98 Å². The molecule has 0 saturated carbocycles. The lowest BCUT2D eigenvalue weighted by atomic mass is 10.1. The SMILES string of the molecule is N#Cc1ccc(C(=O)OCc2coc(-c3cccs3)n2)cc1. The largest absolute Gasteiger partial charge is 0.455 e. The Kier molecular flexibility index (Phi) is 3.99. The van der Waals surface area contributed by atoms with Gasteiger partial charge in [-0.3, -0.25) is 0 Å². The van der Waals surface area contributed by atoms with Crippen LogP contribution in [0.1, 0.15) is 21.6 Å². The lowest BCUT2D eigenvalue weighted by Gasteiger charge is -2.02. The number of esters is 1. The van der Waals surface area contributed by atoms with Gasteiger partial charge in [0, 0.05) is 0 Å². The molecule has 5 nitrogen and oxygen atoms in total. The Morgan fingerprint density at radius 3 is 2.82 bits per heavy atom. The van der Waals surface area contributed by atoms with Crippen LogP contribution in [0.4, 0.5) is 0 Å². The number of thiophene rings is 1. The van der Waals surface area contributed by atoms with E-state index in [4.69, 9.17) is 14.4 Å². The predicted molar refractivity (Wildman–Crippen MR) is 80.1 cm³/mol. The number of benzene rings is 1. The molecule has 0 bridgehead atoms. The van der Waals surface area contributed by atoms with Gasteiger partial charge in [0.2, 0.25) is 5.89 Å². The molecule has 0 atom stereocenters. The van der Waals surface area contributed by atoms with Crippen LogP contribution < -0.4 is 0 Å². The Morgan fingerprint density at radius 2 is 2.14 bits per heavy atom. The summed E-state index contributed by atoms with van der Waals surface area (Å²) in [5.41, 5.74) is 1.43. The minimum absolute atomic E-state index is 0.0354. The number of oxazole rings is 1. The van der Waals surface area contributed by atoms with Crippen molar-refractivity contribution < 1.29 is 13.9 Å². The zero-order valence-corrected chi connectivity index (χ0v) is 12.2. The Balaban J connectivity index is 1.62. The zero-order valence-electron chi connectivity index (χ0n) is 11.4.